The lowest BCUT2D eigenvalue weighted by Gasteiger charge is -2.34. The lowest BCUT2D eigenvalue weighted by Crippen LogP contribution is -2.39. The lowest BCUT2D eigenvalue weighted by atomic mass is 9.90. The van der Waals surface area contributed by atoms with Crippen molar-refractivity contribution >= 4 is 11.9 Å². The molecular formula is C24H29N7O2. The molecule has 3 aromatic heterocycles. The van der Waals surface area contributed by atoms with Gasteiger partial charge in [-0.05, 0) is 38.5 Å². The van der Waals surface area contributed by atoms with E-state index in [2.05, 4.69) is 26.9 Å². The number of carbonyl (C=O) groups is 1. The number of rotatable bonds is 4. The number of carbonyl (C=O) groups excluding carboxylic acids is 1. The van der Waals surface area contributed by atoms with Crippen molar-refractivity contribution in [3.8, 4) is 11.3 Å². The summed E-state index contributed by atoms with van der Waals surface area (Å²) in [5, 5.41) is 4.06. The fourth-order valence-electron chi connectivity index (χ4n) is 4.83. The molecular weight excluding hydrogens is 418 g/mol. The third-order valence-electron chi connectivity index (χ3n) is 6.59. The zero-order chi connectivity index (χ0) is 22.8. The number of hydrogen-bond donors (Lipinski definition) is 0. The van der Waals surface area contributed by atoms with Crippen LogP contribution in [0.4, 0.5) is 5.95 Å². The maximum absolute atomic E-state index is 12.8. The van der Waals surface area contributed by atoms with Crippen LogP contribution in [0, 0.1) is 12.8 Å². The number of aryl methyl sites for hydroxylation is 1. The second-order valence-electron chi connectivity index (χ2n) is 9.15. The second-order valence-corrected chi connectivity index (χ2v) is 9.15. The van der Waals surface area contributed by atoms with E-state index in [-0.39, 0.29) is 11.8 Å². The van der Waals surface area contributed by atoms with Gasteiger partial charge >= 0.3 is 0 Å². The summed E-state index contributed by atoms with van der Waals surface area (Å²) in [5.74, 6) is 2.25. The highest BCUT2D eigenvalue weighted by molar-refractivity contribution is 5.92. The molecule has 2 aliphatic rings. The summed E-state index contributed by atoms with van der Waals surface area (Å²) >= 11 is 0. The van der Waals surface area contributed by atoms with Gasteiger partial charge in [0.15, 0.2) is 5.76 Å². The first-order chi connectivity index (χ1) is 16.1. The molecule has 0 radical (unpaired) electrons. The topological polar surface area (TPSA) is 101 Å². The molecule has 0 N–H and O–H groups in total. The molecule has 0 aromatic carbocycles. The fourth-order valence-corrected chi connectivity index (χ4v) is 4.83. The van der Waals surface area contributed by atoms with E-state index in [4.69, 9.17) is 14.5 Å². The predicted molar refractivity (Wildman–Crippen MR) is 123 cm³/mol. The van der Waals surface area contributed by atoms with E-state index >= 15 is 0 Å². The van der Waals surface area contributed by atoms with Crippen LogP contribution in [0.25, 0.3) is 11.3 Å². The number of aromatic nitrogens is 5. The van der Waals surface area contributed by atoms with E-state index in [1.54, 1.807) is 12.4 Å². The molecule has 2 fully saturated rings. The molecule has 0 bridgehead atoms. The quantitative estimate of drug-likeness (QED) is 0.599. The summed E-state index contributed by atoms with van der Waals surface area (Å²) in [5.41, 5.74) is 3.09. The van der Waals surface area contributed by atoms with Crippen molar-refractivity contribution in [1.29, 1.82) is 0 Å². The van der Waals surface area contributed by atoms with Crippen molar-refractivity contribution in [3.63, 3.8) is 0 Å². The van der Waals surface area contributed by atoms with E-state index in [9.17, 15) is 4.79 Å². The Bertz CT molecular complexity index is 1110. The molecule has 172 valence electrons. The Labute approximate surface area is 193 Å². The van der Waals surface area contributed by atoms with Crippen molar-refractivity contribution in [2.75, 3.05) is 31.1 Å². The van der Waals surface area contributed by atoms with E-state index in [1.165, 1.54) is 12.6 Å². The Morgan fingerprint density at radius 2 is 1.94 bits per heavy atom. The minimum atomic E-state index is -0.0710. The van der Waals surface area contributed by atoms with Gasteiger partial charge in [-0.25, -0.2) is 15.0 Å². The highest BCUT2D eigenvalue weighted by Crippen LogP contribution is 2.35. The maximum atomic E-state index is 12.8. The molecule has 5 heterocycles. The molecule has 0 spiro atoms. The zero-order valence-electron chi connectivity index (χ0n) is 19.1. The summed E-state index contributed by atoms with van der Waals surface area (Å²) in [7, 11) is 0. The molecule has 0 aliphatic carbocycles. The number of anilines is 1. The van der Waals surface area contributed by atoms with Gasteiger partial charge in [-0.1, -0.05) is 12.1 Å². The fraction of sp³-hybridized carbons (Fsp3) is 0.500. The number of amides is 1. The van der Waals surface area contributed by atoms with Crippen LogP contribution < -0.4 is 4.90 Å². The largest absolute Gasteiger partial charge is 0.356 e. The van der Waals surface area contributed by atoms with E-state index < -0.39 is 0 Å². The van der Waals surface area contributed by atoms with Gasteiger partial charge < -0.3 is 14.3 Å². The first kappa shape index (κ1) is 21.5. The molecule has 5 rings (SSSR count). The summed E-state index contributed by atoms with van der Waals surface area (Å²) in [6.45, 7) is 7.45. The Balaban J connectivity index is 1.40. The predicted octanol–water partition coefficient (Wildman–Crippen LogP) is 3.49. The van der Waals surface area contributed by atoms with Crippen molar-refractivity contribution in [2.24, 2.45) is 5.92 Å². The number of hydrogen-bond acceptors (Lipinski definition) is 8. The van der Waals surface area contributed by atoms with Gasteiger partial charge in [-0.15, -0.1) is 0 Å². The van der Waals surface area contributed by atoms with Crippen molar-refractivity contribution in [1.82, 2.24) is 30.0 Å². The smallest absolute Gasteiger partial charge is 0.274 e. The van der Waals surface area contributed by atoms with Crippen molar-refractivity contribution < 1.29 is 9.32 Å². The van der Waals surface area contributed by atoms with Gasteiger partial charge in [0, 0.05) is 56.8 Å². The van der Waals surface area contributed by atoms with Crippen LogP contribution in [0.1, 0.15) is 60.4 Å². The highest BCUT2D eigenvalue weighted by atomic mass is 16.5. The average Bonchev–Trinajstić information content (AvgIpc) is 3.30. The van der Waals surface area contributed by atoms with Crippen molar-refractivity contribution in [3.05, 3.63) is 47.9 Å². The monoisotopic (exact) mass is 447 g/mol. The molecule has 0 unspecified atom stereocenters. The average molecular weight is 448 g/mol. The summed E-state index contributed by atoms with van der Waals surface area (Å²) in [4.78, 5) is 34.9. The zero-order valence-corrected chi connectivity index (χ0v) is 19.1. The van der Waals surface area contributed by atoms with E-state index in [1.807, 2.05) is 24.1 Å². The van der Waals surface area contributed by atoms with Crippen LogP contribution in [-0.2, 0) is 0 Å². The minimum absolute atomic E-state index is 0.0710. The number of likely N-dealkylation sites (tertiary alicyclic amines) is 1. The molecule has 0 saturated carbocycles. The van der Waals surface area contributed by atoms with Gasteiger partial charge in [-0.3, -0.25) is 9.78 Å². The first-order valence-electron chi connectivity index (χ1n) is 11.7. The maximum Gasteiger partial charge on any atom is 0.274 e. The normalized spacial score (nSPS) is 19.6. The number of nitrogens with zero attached hydrogens (tertiary/aromatic N) is 7. The van der Waals surface area contributed by atoms with Crippen LogP contribution in [-0.4, -0.2) is 62.1 Å². The molecule has 33 heavy (non-hydrogen) atoms. The summed E-state index contributed by atoms with van der Waals surface area (Å²) in [6, 6.07) is 1.93. The Kier molecular flexibility index (Phi) is 6.02. The summed E-state index contributed by atoms with van der Waals surface area (Å²) in [6.07, 6.45) is 10.6. The first-order valence-corrected chi connectivity index (χ1v) is 11.7. The van der Waals surface area contributed by atoms with Gasteiger partial charge in [0.05, 0.1) is 23.1 Å². The second kappa shape index (κ2) is 9.25. The van der Waals surface area contributed by atoms with Crippen LogP contribution in [0.15, 0.2) is 35.4 Å². The van der Waals surface area contributed by atoms with Crippen molar-refractivity contribution in [2.45, 2.75) is 45.4 Å². The van der Waals surface area contributed by atoms with Gasteiger partial charge in [0.1, 0.15) is 5.69 Å². The third kappa shape index (κ3) is 4.58. The molecule has 1 atom stereocenters. The molecule has 9 heteroatoms. The van der Waals surface area contributed by atoms with Gasteiger partial charge in [0.2, 0.25) is 5.95 Å². The van der Waals surface area contributed by atoms with Gasteiger partial charge in [0.25, 0.3) is 5.91 Å². The molecule has 2 saturated heterocycles. The van der Waals surface area contributed by atoms with Crippen LogP contribution >= 0.6 is 0 Å². The third-order valence-corrected chi connectivity index (χ3v) is 6.59. The Morgan fingerprint density at radius 1 is 1.09 bits per heavy atom. The molecule has 9 nitrogen and oxygen atoms in total. The van der Waals surface area contributed by atoms with E-state index in [0.29, 0.717) is 30.5 Å². The standard InChI is InChI=1S/C24H29N7O2/c1-16-4-3-9-31(15-16)24-27-13-19(21-12-17(2)29-33-21)22(28-24)18-5-10-30(11-6-18)23(32)20-14-25-7-8-26-20/h7-8,12-14,16,18H,3-6,9-11,15H2,1-2H3/t16-/m1/s1. The lowest BCUT2D eigenvalue weighted by molar-refractivity contribution is 0.0705. The number of piperidine rings is 2. The van der Waals surface area contributed by atoms with E-state index in [0.717, 1.165) is 55.3 Å². The molecule has 2 aliphatic heterocycles. The van der Waals surface area contributed by atoms with Gasteiger partial charge in [-0.2, -0.15) is 0 Å². The SMILES string of the molecule is Cc1cc(-c2cnc(N3CCC[C@@H](C)C3)nc2C2CCN(C(=O)c3cnccn3)CC2)on1. The molecule has 1 amide bonds. The van der Waals surface area contributed by atoms with Crippen LogP contribution in [0.5, 0.6) is 0 Å². The highest BCUT2D eigenvalue weighted by Gasteiger charge is 2.30. The minimum Gasteiger partial charge on any atom is -0.356 e. The van der Waals surface area contributed by atoms with Crippen LogP contribution in [0.2, 0.25) is 0 Å². The summed E-state index contributed by atoms with van der Waals surface area (Å²) < 4.78 is 5.58. The Hall–Kier alpha value is -3.36. The molecule has 3 aromatic rings. The van der Waals surface area contributed by atoms with Crippen LogP contribution in [0.3, 0.4) is 0 Å². The Morgan fingerprint density at radius 3 is 2.64 bits per heavy atom.